The van der Waals surface area contributed by atoms with Crippen molar-refractivity contribution < 1.29 is 67.5 Å². The number of aliphatic hydroxyl groups is 2. The first kappa shape index (κ1) is 33.7. The summed E-state index contributed by atoms with van der Waals surface area (Å²) >= 11 is 0. The Labute approximate surface area is 244 Å². The molecule has 2 aromatic carbocycles. The largest absolute Gasteiger partial charge is 0.423 e. The molecular weight excluding hydrogens is 572 g/mol. The second-order valence-electron chi connectivity index (χ2n) is 8.54. The first-order chi connectivity index (χ1) is 20.1. The molecule has 0 heterocycles. The van der Waals surface area contributed by atoms with Crippen molar-refractivity contribution >= 4 is 53.8 Å². The smallest absolute Gasteiger partial charge is 0.356 e. The van der Waals surface area contributed by atoms with Crippen molar-refractivity contribution in [1.29, 1.82) is 0 Å². The van der Waals surface area contributed by atoms with Gasteiger partial charge in [-0.15, -0.1) is 0 Å². The Morgan fingerprint density at radius 2 is 1.05 bits per heavy atom. The van der Waals surface area contributed by atoms with E-state index in [4.69, 9.17) is 18.9 Å². The van der Waals surface area contributed by atoms with Crippen molar-refractivity contribution in [1.82, 2.24) is 0 Å². The summed E-state index contributed by atoms with van der Waals surface area (Å²) in [6.45, 7) is 3.04. The summed E-state index contributed by atoms with van der Waals surface area (Å²) in [7, 11) is 0. The molecule has 0 aliphatic heterocycles. The van der Waals surface area contributed by atoms with Crippen LogP contribution in [-0.4, -0.2) is 64.0 Å². The summed E-state index contributed by atoms with van der Waals surface area (Å²) in [6, 6.07) is 7.74. The van der Waals surface area contributed by atoms with E-state index in [0.29, 0.717) is 6.08 Å². The molecule has 2 N–H and O–H groups in total. The molecule has 14 nitrogen and oxygen atoms in total. The molecule has 2 rings (SSSR count). The van der Waals surface area contributed by atoms with Crippen LogP contribution >= 0.6 is 0 Å². The molecule has 1 atom stereocenters. The number of carbonyl (C=O) groups excluding carboxylic acids is 7. The fraction of sp³-hybridized carbons (Fsp3) is 0.207. The second-order valence-corrected chi connectivity index (χ2v) is 8.54. The van der Waals surface area contributed by atoms with Crippen LogP contribution in [0.15, 0.2) is 48.6 Å². The van der Waals surface area contributed by atoms with Crippen molar-refractivity contribution in [3.8, 4) is 23.0 Å². The lowest BCUT2D eigenvalue weighted by Gasteiger charge is -2.19. The molecule has 0 aromatic heterocycles. The lowest BCUT2D eigenvalue weighted by molar-refractivity contribution is -0.176. The van der Waals surface area contributed by atoms with Gasteiger partial charge >= 0.3 is 35.8 Å². The molecule has 0 amide bonds. The Kier molecular flexibility index (Phi) is 11.7. The average molecular weight is 599 g/mol. The molecule has 14 heteroatoms. The maximum absolute atomic E-state index is 12.6. The van der Waals surface area contributed by atoms with Crippen molar-refractivity contribution in [3.63, 3.8) is 0 Å². The van der Waals surface area contributed by atoms with Gasteiger partial charge in [-0.2, -0.15) is 0 Å². The maximum atomic E-state index is 12.6. The predicted octanol–water partition coefficient (Wildman–Crippen LogP) is 1.48. The third kappa shape index (κ3) is 10.1. The molecule has 0 radical (unpaired) electrons. The summed E-state index contributed by atoms with van der Waals surface area (Å²) in [4.78, 5) is 82.5. The fourth-order valence-corrected chi connectivity index (χ4v) is 3.13. The Hall–Kier alpha value is -5.47. The Balaban J connectivity index is 2.18. The van der Waals surface area contributed by atoms with E-state index in [-0.39, 0.29) is 34.1 Å². The van der Waals surface area contributed by atoms with Crippen LogP contribution in [0.1, 0.15) is 38.8 Å². The molecule has 226 valence electrons. The summed E-state index contributed by atoms with van der Waals surface area (Å²) in [5.74, 6) is -7.74. The average Bonchev–Trinajstić information content (AvgIpc) is 2.91. The summed E-state index contributed by atoms with van der Waals surface area (Å²) in [5.41, 5.74) is -2.73. The van der Waals surface area contributed by atoms with Crippen molar-refractivity contribution in [2.45, 2.75) is 33.3 Å². The zero-order chi connectivity index (χ0) is 32.3. The molecule has 0 fully saturated rings. The van der Waals surface area contributed by atoms with Crippen LogP contribution in [0.2, 0.25) is 0 Å². The molecule has 0 aliphatic carbocycles. The second kappa shape index (κ2) is 15.0. The molecule has 1 unspecified atom stereocenters. The molecular formula is C29H26O14. The van der Waals surface area contributed by atoms with Gasteiger partial charge in [-0.1, -0.05) is 18.2 Å². The van der Waals surface area contributed by atoms with E-state index in [9.17, 15) is 43.8 Å². The van der Waals surface area contributed by atoms with Crippen LogP contribution in [0.3, 0.4) is 0 Å². The van der Waals surface area contributed by atoms with E-state index in [1.54, 1.807) is 0 Å². The van der Waals surface area contributed by atoms with Crippen LogP contribution in [0.5, 0.6) is 23.0 Å². The quantitative estimate of drug-likeness (QED) is 0.163. The lowest BCUT2D eigenvalue weighted by Crippen LogP contribution is -2.50. The van der Waals surface area contributed by atoms with E-state index >= 15 is 0 Å². The highest BCUT2D eigenvalue weighted by atomic mass is 16.6. The SMILES string of the molecule is CC(=O)Oc1ccc(C=CC(=O)OC(=O)C(O)(CO)C(=O)C=Cc2ccc(OC(C)=O)c(OC(C)=O)c2)cc1OC(C)=O. The monoisotopic (exact) mass is 598 g/mol. The number of carbonyl (C=O) groups is 7. The number of ketones is 1. The third-order valence-electron chi connectivity index (χ3n) is 4.96. The van der Waals surface area contributed by atoms with E-state index in [2.05, 4.69) is 4.74 Å². The van der Waals surface area contributed by atoms with Gasteiger partial charge in [0.2, 0.25) is 11.4 Å². The van der Waals surface area contributed by atoms with Gasteiger partial charge in [0.1, 0.15) is 0 Å². The van der Waals surface area contributed by atoms with Gasteiger partial charge in [-0.3, -0.25) is 24.0 Å². The Morgan fingerprint density at radius 1 is 0.651 bits per heavy atom. The number of hydrogen-bond acceptors (Lipinski definition) is 14. The summed E-state index contributed by atoms with van der Waals surface area (Å²) in [6.07, 6.45) is 3.66. The highest BCUT2D eigenvalue weighted by molar-refractivity contribution is 6.15. The molecule has 0 saturated carbocycles. The van der Waals surface area contributed by atoms with Crippen LogP contribution in [-0.2, 0) is 38.3 Å². The third-order valence-corrected chi connectivity index (χ3v) is 4.96. The molecule has 0 saturated heterocycles. The van der Waals surface area contributed by atoms with Gasteiger partial charge < -0.3 is 33.9 Å². The molecule has 0 bridgehead atoms. The highest BCUT2D eigenvalue weighted by Gasteiger charge is 2.44. The summed E-state index contributed by atoms with van der Waals surface area (Å²) in [5, 5.41) is 20.1. The Morgan fingerprint density at radius 3 is 1.44 bits per heavy atom. The van der Waals surface area contributed by atoms with Crippen LogP contribution in [0.25, 0.3) is 12.2 Å². The van der Waals surface area contributed by atoms with E-state index in [1.165, 1.54) is 36.4 Å². The Bertz CT molecular complexity index is 1520. The maximum Gasteiger partial charge on any atom is 0.356 e. The summed E-state index contributed by atoms with van der Waals surface area (Å²) < 4.78 is 24.3. The fourth-order valence-electron chi connectivity index (χ4n) is 3.13. The number of ether oxygens (including phenoxy) is 5. The van der Waals surface area contributed by atoms with Gasteiger partial charge in [0.05, 0.1) is 6.61 Å². The van der Waals surface area contributed by atoms with Crippen molar-refractivity contribution in [2.75, 3.05) is 6.61 Å². The van der Waals surface area contributed by atoms with Gasteiger partial charge in [-0.25, -0.2) is 9.59 Å². The van der Waals surface area contributed by atoms with Crippen LogP contribution in [0, 0.1) is 0 Å². The van der Waals surface area contributed by atoms with Gasteiger partial charge in [0.15, 0.2) is 23.0 Å². The zero-order valence-electron chi connectivity index (χ0n) is 23.3. The van der Waals surface area contributed by atoms with Crippen LogP contribution < -0.4 is 18.9 Å². The van der Waals surface area contributed by atoms with Gasteiger partial charge in [0.25, 0.3) is 0 Å². The minimum absolute atomic E-state index is 0.0693. The predicted molar refractivity (Wildman–Crippen MR) is 144 cm³/mol. The van der Waals surface area contributed by atoms with E-state index in [0.717, 1.165) is 45.9 Å². The number of rotatable bonds is 11. The van der Waals surface area contributed by atoms with Crippen molar-refractivity contribution in [3.05, 3.63) is 59.7 Å². The normalized spacial score (nSPS) is 12.2. The van der Waals surface area contributed by atoms with Crippen LogP contribution in [0.4, 0.5) is 0 Å². The minimum Gasteiger partial charge on any atom is -0.423 e. The highest BCUT2D eigenvalue weighted by Crippen LogP contribution is 2.30. The number of aliphatic hydroxyl groups excluding tert-OH is 1. The number of hydrogen-bond donors (Lipinski definition) is 2. The standard InChI is InChI=1S/C29H26O14/c1-16(31)39-22-9-5-20(13-24(22)41-18(3)33)7-11-26(35)29(38,15-30)28(37)43-27(36)12-8-21-6-10-23(40-17(2)32)25(14-21)42-19(4)34/h5-14,30,38H,15H2,1-4H3. The minimum atomic E-state index is -3.16. The van der Waals surface area contributed by atoms with Gasteiger partial charge in [0, 0.05) is 33.8 Å². The lowest BCUT2D eigenvalue weighted by atomic mass is 9.98. The van der Waals surface area contributed by atoms with Crippen molar-refractivity contribution in [2.24, 2.45) is 0 Å². The molecule has 2 aromatic rings. The first-order valence-electron chi connectivity index (χ1n) is 12.2. The first-order valence-corrected chi connectivity index (χ1v) is 12.2. The zero-order valence-corrected chi connectivity index (χ0v) is 23.3. The van der Waals surface area contributed by atoms with E-state index < -0.39 is 53.8 Å². The van der Waals surface area contributed by atoms with E-state index in [1.807, 2.05) is 0 Å². The number of esters is 6. The number of benzene rings is 2. The topological polar surface area (TPSA) is 206 Å². The molecule has 43 heavy (non-hydrogen) atoms. The molecule has 0 aliphatic rings. The molecule has 0 spiro atoms. The van der Waals surface area contributed by atoms with Gasteiger partial charge in [-0.05, 0) is 47.5 Å².